The smallest absolute Gasteiger partial charge is 0.243 e. The van der Waals surface area contributed by atoms with Gasteiger partial charge in [0.1, 0.15) is 0 Å². The molecule has 1 heterocycles. The molecule has 122 valence electrons. The largest absolute Gasteiger partial charge is 0.392 e. The van der Waals surface area contributed by atoms with E-state index in [1.54, 1.807) is 16.4 Å². The van der Waals surface area contributed by atoms with Crippen LogP contribution in [0.25, 0.3) is 0 Å². The Morgan fingerprint density at radius 1 is 1.14 bits per heavy atom. The summed E-state index contributed by atoms with van der Waals surface area (Å²) >= 11 is 0. The molecule has 0 amide bonds. The summed E-state index contributed by atoms with van der Waals surface area (Å²) in [5.41, 5.74) is 1.05. The molecule has 5 nitrogen and oxygen atoms in total. The van der Waals surface area contributed by atoms with Crippen molar-refractivity contribution in [3.8, 4) is 0 Å². The predicted molar refractivity (Wildman–Crippen MR) is 85.1 cm³/mol. The van der Waals surface area contributed by atoms with Crippen LogP contribution >= 0.6 is 0 Å². The first kappa shape index (κ1) is 15.9. The SMILES string of the molecule is Cc1ccc(S(=O)(=O)N2CCN(CC(O)C3CC3)CC2)cc1. The Morgan fingerprint density at radius 2 is 1.73 bits per heavy atom. The van der Waals surface area contributed by atoms with Crippen LogP contribution in [0.2, 0.25) is 0 Å². The fourth-order valence-electron chi connectivity index (χ4n) is 2.91. The van der Waals surface area contributed by atoms with Gasteiger partial charge in [0.05, 0.1) is 11.0 Å². The van der Waals surface area contributed by atoms with E-state index in [0.29, 0.717) is 43.5 Å². The van der Waals surface area contributed by atoms with Crippen molar-refractivity contribution >= 4 is 10.0 Å². The molecule has 0 radical (unpaired) electrons. The second-order valence-corrected chi connectivity index (χ2v) is 8.36. The molecular weight excluding hydrogens is 300 g/mol. The van der Waals surface area contributed by atoms with Crippen LogP contribution in [0.15, 0.2) is 29.2 Å². The minimum atomic E-state index is -3.39. The number of β-amino-alcohol motifs (C(OH)–C–C–N with tert-alkyl or cyclic N) is 1. The van der Waals surface area contributed by atoms with Gasteiger partial charge < -0.3 is 5.11 Å². The van der Waals surface area contributed by atoms with E-state index >= 15 is 0 Å². The van der Waals surface area contributed by atoms with Crippen LogP contribution in [-0.2, 0) is 10.0 Å². The lowest BCUT2D eigenvalue weighted by atomic mass is 10.2. The summed E-state index contributed by atoms with van der Waals surface area (Å²) in [6.07, 6.45) is 2.01. The van der Waals surface area contributed by atoms with Gasteiger partial charge in [-0.25, -0.2) is 8.42 Å². The highest BCUT2D eigenvalue weighted by atomic mass is 32.2. The Bertz CT molecular complexity index is 603. The molecule has 0 spiro atoms. The first-order chi connectivity index (χ1) is 10.5. The lowest BCUT2D eigenvalue weighted by Crippen LogP contribution is -2.50. The minimum Gasteiger partial charge on any atom is -0.392 e. The number of aliphatic hydroxyl groups excluding tert-OH is 1. The zero-order valence-electron chi connectivity index (χ0n) is 13.0. The maximum Gasteiger partial charge on any atom is 0.243 e. The number of rotatable bonds is 5. The summed E-state index contributed by atoms with van der Waals surface area (Å²) in [5.74, 6) is 0.467. The third-order valence-electron chi connectivity index (χ3n) is 4.60. The Morgan fingerprint density at radius 3 is 2.27 bits per heavy atom. The van der Waals surface area contributed by atoms with E-state index in [1.165, 1.54) is 0 Å². The summed E-state index contributed by atoms with van der Waals surface area (Å²) in [6.45, 7) is 4.98. The van der Waals surface area contributed by atoms with E-state index in [4.69, 9.17) is 0 Å². The predicted octanol–water partition coefficient (Wildman–Crippen LogP) is 1.07. The number of hydrogen-bond donors (Lipinski definition) is 1. The zero-order valence-corrected chi connectivity index (χ0v) is 13.8. The van der Waals surface area contributed by atoms with Gasteiger partial charge in [0, 0.05) is 32.7 Å². The highest BCUT2D eigenvalue weighted by Gasteiger charge is 2.33. The first-order valence-corrected chi connectivity index (χ1v) is 9.38. The van der Waals surface area contributed by atoms with Gasteiger partial charge in [0.15, 0.2) is 0 Å². The average molecular weight is 324 g/mol. The number of aryl methyl sites for hydroxylation is 1. The van der Waals surface area contributed by atoms with Gasteiger partial charge in [-0.2, -0.15) is 4.31 Å². The summed E-state index contributed by atoms with van der Waals surface area (Å²) in [6, 6.07) is 7.01. The maximum atomic E-state index is 12.6. The summed E-state index contributed by atoms with van der Waals surface area (Å²) < 4.78 is 26.8. The average Bonchev–Trinajstić information content (AvgIpc) is 3.33. The second-order valence-electron chi connectivity index (χ2n) is 6.42. The van der Waals surface area contributed by atoms with E-state index in [9.17, 15) is 13.5 Å². The van der Waals surface area contributed by atoms with Crippen LogP contribution in [0.3, 0.4) is 0 Å². The van der Waals surface area contributed by atoms with Gasteiger partial charge in [0.2, 0.25) is 10.0 Å². The first-order valence-electron chi connectivity index (χ1n) is 7.94. The van der Waals surface area contributed by atoms with Crippen LogP contribution in [-0.4, -0.2) is 61.6 Å². The van der Waals surface area contributed by atoms with Gasteiger partial charge in [-0.15, -0.1) is 0 Å². The highest BCUT2D eigenvalue weighted by molar-refractivity contribution is 7.89. The standard InChI is InChI=1S/C16H24N2O3S/c1-13-2-6-15(7-3-13)22(20,21)18-10-8-17(9-11-18)12-16(19)14-4-5-14/h2-3,6-7,14,16,19H,4-5,8-12H2,1H3. The molecule has 1 atom stereocenters. The number of nitrogens with zero attached hydrogens (tertiary/aromatic N) is 2. The van der Waals surface area contributed by atoms with Gasteiger partial charge in [-0.05, 0) is 37.8 Å². The molecular formula is C16H24N2O3S. The fraction of sp³-hybridized carbons (Fsp3) is 0.625. The molecule has 1 N–H and O–H groups in total. The third kappa shape index (κ3) is 3.51. The fourth-order valence-corrected chi connectivity index (χ4v) is 4.33. The van der Waals surface area contributed by atoms with Gasteiger partial charge >= 0.3 is 0 Å². The number of benzene rings is 1. The topological polar surface area (TPSA) is 60.9 Å². The quantitative estimate of drug-likeness (QED) is 0.880. The number of hydrogen-bond acceptors (Lipinski definition) is 4. The molecule has 22 heavy (non-hydrogen) atoms. The van der Waals surface area contributed by atoms with Gasteiger partial charge in [0.25, 0.3) is 0 Å². The van der Waals surface area contributed by atoms with Crippen molar-refractivity contribution in [3.05, 3.63) is 29.8 Å². The highest BCUT2D eigenvalue weighted by Crippen LogP contribution is 2.33. The van der Waals surface area contributed by atoms with Crippen molar-refractivity contribution < 1.29 is 13.5 Å². The minimum absolute atomic E-state index is 0.250. The lowest BCUT2D eigenvalue weighted by Gasteiger charge is -2.35. The van der Waals surface area contributed by atoms with Crippen LogP contribution in [0.5, 0.6) is 0 Å². The Kier molecular flexibility index (Phi) is 4.54. The monoisotopic (exact) mass is 324 g/mol. The van der Waals surface area contributed by atoms with Crippen molar-refractivity contribution in [2.45, 2.75) is 30.8 Å². The summed E-state index contributed by atoms with van der Waals surface area (Å²) in [5, 5.41) is 10.00. The Hall–Kier alpha value is -0.950. The molecule has 0 bridgehead atoms. The van der Waals surface area contributed by atoms with E-state index in [1.807, 2.05) is 19.1 Å². The molecule has 1 aromatic rings. The molecule has 3 rings (SSSR count). The number of sulfonamides is 1. The Balaban J connectivity index is 1.59. The summed E-state index contributed by atoms with van der Waals surface area (Å²) in [4.78, 5) is 2.54. The molecule has 1 aromatic carbocycles. The molecule has 2 fully saturated rings. The normalized spacial score (nSPS) is 22.6. The van der Waals surface area contributed by atoms with E-state index < -0.39 is 10.0 Å². The molecule has 1 saturated heterocycles. The Labute approximate surface area is 132 Å². The van der Waals surface area contributed by atoms with Crippen molar-refractivity contribution in [1.29, 1.82) is 0 Å². The van der Waals surface area contributed by atoms with E-state index in [0.717, 1.165) is 18.4 Å². The van der Waals surface area contributed by atoms with Crippen molar-refractivity contribution in [3.63, 3.8) is 0 Å². The molecule has 1 saturated carbocycles. The molecule has 1 unspecified atom stereocenters. The zero-order chi connectivity index (χ0) is 15.7. The van der Waals surface area contributed by atoms with Crippen LogP contribution in [0, 0.1) is 12.8 Å². The van der Waals surface area contributed by atoms with Crippen molar-refractivity contribution in [1.82, 2.24) is 9.21 Å². The lowest BCUT2D eigenvalue weighted by molar-refractivity contribution is 0.0782. The van der Waals surface area contributed by atoms with Gasteiger partial charge in [-0.3, -0.25) is 4.90 Å². The molecule has 2 aliphatic rings. The maximum absolute atomic E-state index is 12.6. The third-order valence-corrected chi connectivity index (χ3v) is 6.51. The van der Waals surface area contributed by atoms with Gasteiger partial charge in [-0.1, -0.05) is 17.7 Å². The van der Waals surface area contributed by atoms with Crippen LogP contribution in [0.1, 0.15) is 18.4 Å². The number of piperazine rings is 1. The molecule has 0 aromatic heterocycles. The van der Waals surface area contributed by atoms with E-state index in [-0.39, 0.29) is 6.10 Å². The molecule has 1 aliphatic heterocycles. The van der Waals surface area contributed by atoms with E-state index in [2.05, 4.69) is 4.90 Å². The van der Waals surface area contributed by atoms with Crippen LogP contribution < -0.4 is 0 Å². The van der Waals surface area contributed by atoms with Crippen LogP contribution in [0.4, 0.5) is 0 Å². The van der Waals surface area contributed by atoms with Crippen molar-refractivity contribution in [2.24, 2.45) is 5.92 Å². The summed E-state index contributed by atoms with van der Waals surface area (Å²) in [7, 11) is -3.39. The van der Waals surface area contributed by atoms with Crippen molar-refractivity contribution in [2.75, 3.05) is 32.7 Å². The molecule has 6 heteroatoms. The molecule has 1 aliphatic carbocycles. The number of aliphatic hydroxyl groups is 1. The second kappa shape index (κ2) is 6.28.